The highest BCUT2D eigenvalue weighted by Gasteiger charge is 2.15. The van der Waals surface area contributed by atoms with Gasteiger partial charge in [-0.25, -0.2) is 0 Å². The molecule has 2 N–H and O–H groups in total. The first-order chi connectivity index (χ1) is 7.07. The molecule has 0 aromatic heterocycles. The highest BCUT2D eigenvalue weighted by atomic mass is 32.2. The van der Waals surface area contributed by atoms with E-state index in [0.717, 1.165) is 12.1 Å². The van der Waals surface area contributed by atoms with Gasteiger partial charge in [0.05, 0.1) is 0 Å². The van der Waals surface area contributed by atoms with E-state index in [-0.39, 0.29) is 12.1 Å². The summed E-state index contributed by atoms with van der Waals surface area (Å²) in [5, 5.41) is 12.3. The maximum atomic E-state index is 8.92. The lowest BCUT2D eigenvalue weighted by atomic mass is 10.0. The van der Waals surface area contributed by atoms with E-state index in [4.69, 9.17) is 5.11 Å². The summed E-state index contributed by atoms with van der Waals surface area (Å²) >= 11 is 1.74. The van der Waals surface area contributed by atoms with E-state index >= 15 is 0 Å². The summed E-state index contributed by atoms with van der Waals surface area (Å²) < 4.78 is 0. The number of aliphatic hydroxyl groups is 1. The van der Waals surface area contributed by atoms with Gasteiger partial charge in [-0.3, -0.25) is 0 Å². The number of thioether (sulfide) groups is 1. The topological polar surface area (TPSA) is 32.3 Å². The molecule has 84 valence electrons. The molecule has 0 saturated heterocycles. The summed E-state index contributed by atoms with van der Waals surface area (Å²) in [6, 6.07) is 8.35. The summed E-state index contributed by atoms with van der Waals surface area (Å²) in [6.45, 7) is 4.39. The van der Waals surface area contributed by atoms with E-state index in [1.54, 1.807) is 11.8 Å². The molecule has 0 unspecified atom stereocenters. The zero-order chi connectivity index (χ0) is 11.3. The SMILES string of the molecule is CSc1ccc(NC(C)(C)CCO)cc1. The minimum Gasteiger partial charge on any atom is -0.396 e. The third-order valence-corrected chi connectivity index (χ3v) is 3.05. The van der Waals surface area contributed by atoms with Crippen molar-refractivity contribution in [2.75, 3.05) is 18.2 Å². The monoisotopic (exact) mass is 225 g/mol. The van der Waals surface area contributed by atoms with Crippen LogP contribution in [-0.2, 0) is 0 Å². The molecule has 0 radical (unpaired) electrons. The van der Waals surface area contributed by atoms with Crippen LogP contribution in [-0.4, -0.2) is 23.5 Å². The standard InChI is InChI=1S/C12H19NOS/c1-12(2,8-9-14)13-10-4-6-11(15-3)7-5-10/h4-7,13-14H,8-9H2,1-3H3. The van der Waals surface area contributed by atoms with Crippen molar-refractivity contribution in [3.05, 3.63) is 24.3 Å². The molecule has 0 aliphatic heterocycles. The van der Waals surface area contributed by atoms with Crippen LogP contribution in [0.5, 0.6) is 0 Å². The van der Waals surface area contributed by atoms with Gasteiger partial charge in [-0.05, 0) is 50.8 Å². The van der Waals surface area contributed by atoms with Gasteiger partial charge >= 0.3 is 0 Å². The van der Waals surface area contributed by atoms with Gasteiger partial charge in [-0.15, -0.1) is 11.8 Å². The molecule has 0 atom stereocenters. The van der Waals surface area contributed by atoms with Crippen molar-refractivity contribution in [3.8, 4) is 0 Å². The lowest BCUT2D eigenvalue weighted by Crippen LogP contribution is -2.31. The molecule has 2 nitrogen and oxygen atoms in total. The fraction of sp³-hybridized carbons (Fsp3) is 0.500. The van der Waals surface area contributed by atoms with E-state index in [0.29, 0.717) is 0 Å². The Kier molecular flexibility index (Phi) is 4.48. The Morgan fingerprint density at radius 1 is 1.27 bits per heavy atom. The van der Waals surface area contributed by atoms with Crippen LogP contribution in [0.15, 0.2) is 29.2 Å². The summed E-state index contributed by atoms with van der Waals surface area (Å²) in [4.78, 5) is 1.26. The Hall–Kier alpha value is -0.670. The van der Waals surface area contributed by atoms with Gasteiger partial charge in [0.1, 0.15) is 0 Å². The second-order valence-electron chi connectivity index (χ2n) is 4.21. The molecular weight excluding hydrogens is 206 g/mol. The van der Waals surface area contributed by atoms with Crippen LogP contribution in [0.25, 0.3) is 0 Å². The molecular formula is C12H19NOS. The summed E-state index contributed by atoms with van der Waals surface area (Å²) in [7, 11) is 0. The van der Waals surface area contributed by atoms with Crippen molar-refractivity contribution in [1.82, 2.24) is 0 Å². The van der Waals surface area contributed by atoms with Gasteiger partial charge in [0, 0.05) is 22.7 Å². The van der Waals surface area contributed by atoms with Crippen LogP contribution < -0.4 is 5.32 Å². The largest absolute Gasteiger partial charge is 0.396 e. The summed E-state index contributed by atoms with van der Waals surface area (Å²) in [6.07, 6.45) is 2.81. The van der Waals surface area contributed by atoms with Crippen molar-refractivity contribution >= 4 is 17.4 Å². The molecule has 15 heavy (non-hydrogen) atoms. The average molecular weight is 225 g/mol. The highest BCUT2D eigenvalue weighted by molar-refractivity contribution is 7.98. The van der Waals surface area contributed by atoms with Gasteiger partial charge in [0.15, 0.2) is 0 Å². The number of benzene rings is 1. The van der Waals surface area contributed by atoms with E-state index in [9.17, 15) is 0 Å². The lowest BCUT2D eigenvalue weighted by molar-refractivity contribution is 0.261. The molecule has 1 aromatic rings. The van der Waals surface area contributed by atoms with Crippen molar-refractivity contribution < 1.29 is 5.11 Å². The maximum Gasteiger partial charge on any atom is 0.0453 e. The Labute approximate surface area is 96.1 Å². The van der Waals surface area contributed by atoms with Gasteiger partial charge in [0.2, 0.25) is 0 Å². The molecule has 3 heteroatoms. The molecule has 0 heterocycles. The van der Waals surface area contributed by atoms with E-state index < -0.39 is 0 Å². The third-order valence-electron chi connectivity index (χ3n) is 2.31. The number of nitrogens with one attached hydrogen (secondary N) is 1. The molecule has 0 amide bonds. The van der Waals surface area contributed by atoms with Crippen LogP contribution in [0.4, 0.5) is 5.69 Å². The molecule has 1 aromatic carbocycles. The summed E-state index contributed by atoms with van der Waals surface area (Å²) in [5.41, 5.74) is 1.04. The number of rotatable bonds is 5. The smallest absolute Gasteiger partial charge is 0.0453 e. The number of hydrogen-bond acceptors (Lipinski definition) is 3. The zero-order valence-corrected chi connectivity index (χ0v) is 10.4. The normalized spacial score (nSPS) is 11.5. The Bertz CT molecular complexity index is 295. The minimum atomic E-state index is -0.0599. The zero-order valence-electron chi connectivity index (χ0n) is 9.58. The molecule has 0 bridgehead atoms. The van der Waals surface area contributed by atoms with E-state index in [1.807, 2.05) is 0 Å². The van der Waals surface area contributed by atoms with Crippen LogP contribution in [0.3, 0.4) is 0 Å². The van der Waals surface area contributed by atoms with Crippen molar-refractivity contribution in [2.45, 2.75) is 30.7 Å². The quantitative estimate of drug-likeness (QED) is 0.756. The van der Waals surface area contributed by atoms with Crippen molar-refractivity contribution in [1.29, 1.82) is 0 Å². The predicted octanol–water partition coefficient (Wildman–Crippen LogP) is 2.98. The molecule has 1 rings (SSSR count). The van der Waals surface area contributed by atoms with Gasteiger partial charge in [0.25, 0.3) is 0 Å². The minimum absolute atomic E-state index is 0.0599. The second-order valence-corrected chi connectivity index (χ2v) is 5.09. The van der Waals surface area contributed by atoms with Crippen LogP contribution in [0.2, 0.25) is 0 Å². The van der Waals surface area contributed by atoms with Gasteiger partial charge in [-0.1, -0.05) is 0 Å². The molecule has 0 spiro atoms. The second kappa shape index (κ2) is 5.42. The fourth-order valence-corrected chi connectivity index (χ4v) is 1.82. The molecule has 0 aliphatic rings. The number of anilines is 1. The van der Waals surface area contributed by atoms with E-state index in [1.165, 1.54) is 4.90 Å². The van der Waals surface area contributed by atoms with Crippen molar-refractivity contribution in [2.24, 2.45) is 0 Å². The van der Waals surface area contributed by atoms with Crippen LogP contribution >= 0.6 is 11.8 Å². The number of hydrogen-bond donors (Lipinski definition) is 2. The van der Waals surface area contributed by atoms with E-state index in [2.05, 4.69) is 49.7 Å². The Morgan fingerprint density at radius 3 is 2.33 bits per heavy atom. The van der Waals surface area contributed by atoms with Crippen LogP contribution in [0, 0.1) is 0 Å². The maximum absolute atomic E-state index is 8.92. The fourth-order valence-electron chi connectivity index (χ4n) is 1.41. The first kappa shape index (κ1) is 12.4. The van der Waals surface area contributed by atoms with Crippen molar-refractivity contribution in [3.63, 3.8) is 0 Å². The lowest BCUT2D eigenvalue weighted by Gasteiger charge is -2.26. The first-order valence-electron chi connectivity index (χ1n) is 5.10. The average Bonchev–Trinajstić information content (AvgIpc) is 2.18. The molecule has 0 saturated carbocycles. The predicted molar refractivity (Wildman–Crippen MR) is 67.6 cm³/mol. The van der Waals surface area contributed by atoms with Gasteiger partial charge < -0.3 is 10.4 Å². The van der Waals surface area contributed by atoms with Crippen LogP contribution in [0.1, 0.15) is 20.3 Å². The third kappa shape index (κ3) is 4.14. The highest BCUT2D eigenvalue weighted by Crippen LogP contribution is 2.21. The Balaban J connectivity index is 2.64. The number of aliphatic hydroxyl groups excluding tert-OH is 1. The molecule has 0 fully saturated rings. The Morgan fingerprint density at radius 2 is 1.87 bits per heavy atom. The first-order valence-corrected chi connectivity index (χ1v) is 6.33. The molecule has 0 aliphatic carbocycles. The van der Waals surface area contributed by atoms with Gasteiger partial charge in [-0.2, -0.15) is 0 Å². The summed E-state index contributed by atoms with van der Waals surface area (Å²) in [5.74, 6) is 0.